The van der Waals surface area contributed by atoms with Gasteiger partial charge in [0.05, 0.1) is 40.8 Å². The highest BCUT2D eigenvalue weighted by Gasteiger charge is 2.45. The Morgan fingerprint density at radius 3 is 2.22 bits per heavy atom. The number of halogens is 1. The molecule has 0 unspecified atom stereocenters. The van der Waals surface area contributed by atoms with Crippen molar-refractivity contribution in [3.05, 3.63) is 14.7 Å². The molecule has 0 amide bonds. The Morgan fingerprint density at radius 2 is 1.68 bits per heavy atom. The molecule has 0 bridgehead atoms. The number of ether oxygens (including phenoxy) is 7. The van der Waals surface area contributed by atoms with E-state index in [1.54, 1.807) is 20.8 Å². The van der Waals surface area contributed by atoms with E-state index in [4.69, 9.17) is 33.2 Å². The smallest absolute Gasteiger partial charge is 0.230 e. The number of aliphatic hydroxyl groups excluding tert-OH is 2. The second-order valence-corrected chi connectivity index (χ2v) is 10.9. The highest BCUT2D eigenvalue weighted by Crippen LogP contribution is 2.48. The number of methoxy groups -OCH3 is 4. The molecule has 0 spiro atoms. The van der Waals surface area contributed by atoms with Gasteiger partial charge in [-0.2, -0.15) is 0 Å². The first-order valence-electron chi connectivity index (χ1n) is 11.6. The molecule has 2 aliphatic rings. The van der Waals surface area contributed by atoms with E-state index in [-0.39, 0.29) is 34.3 Å². The molecule has 2 N–H and O–H groups in total. The van der Waals surface area contributed by atoms with Crippen molar-refractivity contribution in [2.75, 3.05) is 28.4 Å². The highest BCUT2D eigenvalue weighted by atomic mass is 127. The van der Waals surface area contributed by atoms with Crippen molar-refractivity contribution in [2.45, 2.75) is 75.5 Å². The van der Waals surface area contributed by atoms with E-state index in [9.17, 15) is 19.8 Å². The fraction of sp³-hybridized carbons (Fsp3) is 0.667. The van der Waals surface area contributed by atoms with E-state index in [0.717, 1.165) is 11.8 Å². The van der Waals surface area contributed by atoms with E-state index in [2.05, 4.69) is 0 Å². The standard InChI is InChI=1S/C24H33IO11S/c1-9-14(23(29)37-22-11(3)34-13(30-4)8-12(22)26)18(31-5)21(33-7)19(15(9)25)36-24-17(28)20(32-6)16(27)10(2)35-24/h10-13,17,20,22,24,26,28H,8H2,1-7H3/t10-,11+,12-,13+,17+,20+,22+,24-/m0/s1. The molecule has 0 saturated carbocycles. The molecule has 2 heterocycles. The van der Waals surface area contributed by atoms with Gasteiger partial charge in [-0.1, -0.05) is 11.8 Å². The fourth-order valence-electron chi connectivity index (χ4n) is 4.38. The Labute approximate surface area is 233 Å². The predicted octanol–water partition coefficient (Wildman–Crippen LogP) is 2.07. The van der Waals surface area contributed by atoms with Gasteiger partial charge in [-0.15, -0.1) is 0 Å². The lowest BCUT2D eigenvalue weighted by Crippen LogP contribution is -2.56. The van der Waals surface area contributed by atoms with Crippen molar-refractivity contribution in [2.24, 2.45) is 0 Å². The number of carbonyl (C=O) groups is 2. The van der Waals surface area contributed by atoms with E-state index < -0.39 is 54.1 Å². The molecule has 2 fully saturated rings. The third-order valence-corrected chi connectivity index (χ3v) is 9.09. The van der Waals surface area contributed by atoms with Crippen molar-refractivity contribution in [1.29, 1.82) is 0 Å². The third-order valence-electron chi connectivity index (χ3n) is 6.40. The average molecular weight is 656 g/mol. The predicted molar refractivity (Wildman–Crippen MR) is 141 cm³/mol. The van der Waals surface area contributed by atoms with Gasteiger partial charge in [0.15, 0.2) is 23.6 Å². The molecule has 2 aliphatic heterocycles. The quantitative estimate of drug-likeness (QED) is 0.396. The Kier molecular flexibility index (Phi) is 10.5. The molecular weight excluding hydrogens is 623 g/mol. The van der Waals surface area contributed by atoms with Crippen molar-refractivity contribution in [1.82, 2.24) is 0 Å². The lowest BCUT2D eigenvalue weighted by atomic mass is 10.0. The Hall–Kier alpha value is -1.20. The van der Waals surface area contributed by atoms with Gasteiger partial charge in [0.2, 0.25) is 17.2 Å². The molecule has 11 nitrogen and oxygen atoms in total. The topological polar surface area (TPSA) is 139 Å². The summed E-state index contributed by atoms with van der Waals surface area (Å²) < 4.78 is 39.5. The SMILES string of the molecule is COc1c(O[C@@H]2O[C@@H](C)C(=O)[C@@H](OC)[C@H]2O)c(I)c(C)c(C(=O)S[C@H]2[C@@H](O)C[C@H](OC)O[C@@H]2C)c1OC. The van der Waals surface area contributed by atoms with Crippen LogP contribution in [0.5, 0.6) is 17.2 Å². The molecule has 1 aromatic rings. The summed E-state index contributed by atoms with van der Waals surface area (Å²) in [5.74, 6) is 0.0166. The molecule has 3 rings (SSSR count). The number of benzene rings is 1. The number of hydrogen-bond acceptors (Lipinski definition) is 12. The van der Waals surface area contributed by atoms with Crippen LogP contribution in [-0.4, -0.2) is 97.9 Å². The van der Waals surface area contributed by atoms with Gasteiger partial charge in [0, 0.05) is 20.6 Å². The number of carbonyl (C=O) groups excluding carboxylic acids is 2. The molecular formula is C24H33IO11S. The van der Waals surface area contributed by atoms with Gasteiger partial charge in [-0.3, -0.25) is 9.59 Å². The number of ketones is 1. The van der Waals surface area contributed by atoms with Crippen molar-refractivity contribution < 1.29 is 53.0 Å². The van der Waals surface area contributed by atoms with E-state index in [0.29, 0.717) is 9.13 Å². The second-order valence-electron chi connectivity index (χ2n) is 8.70. The maximum absolute atomic E-state index is 13.6. The number of Topliss-reactive ketones (excluding diaryl/α,β-unsaturated/α-hetero) is 1. The van der Waals surface area contributed by atoms with Gasteiger partial charge >= 0.3 is 0 Å². The van der Waals surface area contributed by atoms with Crippen LogP contribution in [0.4, 0.5) is 0 Å². The van der Waals surface area contributed by atoms with Crippen LogP contribution >= 0.6 is 34.4 Å². The molecule has 2 saturated heterocycles. The fourth-order valence-corrected chi connectivity index (χ4v) is 6.16. The van der Waals surface area contributed by atoms with Gasteiger partial charge < -0.3 is 43.4 Å². The van der Waals surface area contributed by atoms with Gasteiger partial charge in [-0.25, -0.2) is 0 Å². The molecule has 0 aromatic heterocycles. The first kappa shape index (κ1) is 30.3. The molecule has 37 heavy (non-hydrogen) atoms. The number of hydrogen-bond donors (Lipinski definition) is 2. The van der Waals surface area contributed by atoms with Gasteiger partial charge in [0.25, 0.3) is 0 Å². The lowest BCUT2D eigenvalue weighted by molar-refractivity contribution is -0.226. The molecule has 8 atom stereocenters. The van der Waals surface area contributed by atoms with Crippen LogP contribution in [0.3, 0.4) is 0 Å². The van der Waals surface area contributed by atoms with Crippen LogP contribution in [0.25, 0.3) is 0 Å². The summed E-state index contributed by atoms with van der Waals surface area (Å²) in [4.78, 5) is 25.8. The summed E-state index contributed by atoms with van der Waals surface area (Å²) in [5, 5.41) is 20.4. The summed E-state index contributed by atoms with van der Waals surface area (Å²) in [7, 11) is 5.61. The maximum atomic E-state index is 13.6. The molecule has 1 aromatic carbocycles. The highest BCUT2D eigenvalue weighted by molar-refractivity contribution is 14.1. The molecule has 208 valence electrons. The molecule has 0 radical (unpaired) electrons. The maximum Gasteiger partial charge on any atom is 0.230 e. The van der Waals surface area contributed by atoms with Crippen LogP contribution in [0, 0.1) is 10.5 Å². The summed E-state index contributed by atoms with van der Waals surface area (Å²) in [5.41, 5.74) is 0.787. The summed E-state index contributed by atoms with van der Waals surface area (Å²) in [6.07, 6.45) is -6.21. The Morgan fingerprint density at radius 1 is 1.03 bits per heavy atom. The van der Waals surface area contributed by atoms with E-state index in [1.165, 1.54) is 28.4 Å². The minimum atomic E-state index is -1.40. The monoisotopic (exact) mass is 656 g/mol. The zero-order chi connectivity index (χ0) is 27.6. The van der Waals surface area contributed by atoms with E-state index >= 15 is 0 Å². The molecule has 13 heteroatoms. The lowest BCUT2D eigenvalue weighted by Gasteiger charge is -2.37. The van der Waals surface area contributed by atoms with Crippen molar-refractivity contribution >= 4 is 45.3 Å². The summed E-state index contributed by atoms with van der Waals surface area (Å²) in [6.45, 7) is 5.05. The largest absolute Gasteiger partial charge is 0.492 e. The third kappa shape index (κ3) is 6.03. The van der Waals surface area contributed by atoms with Gasteiger partial charge in [-0.05, 0) is 48.9 Å². The first-order chi connectivity index (χ1) is 17.5. The van der Waals surface area contributed by atoms with Crippen LogP contribution in [-0.2, 0) is 23.7 Å². The Balaban J connectivity index is 1.96. The van der Waals surface area contributed by atoms with Gasteiger partial charge in [0.1, 0.15) is 18.3 Å². The first-order valence-corrected chi connectivity index (χ1v) is 13.5. The van der Waals surface area contributed by atoms with Crippen molar-refractivity contribution in [3.63, 3.8) is 0 Å². The number of aliphatic hydroxyl groups is 2. The normalized spacial score (nSPS) is 32.2. The molecule has 0 aliphatic carbocycles. The minimum absolute atomic E-state index is 0.115. The van der Waals surface area contributed by atoms with E-state index in [1.807, 2.05) is 22.6 Å². The Bertz CT molecular complexity index is 994. The summed E-state index contributed by atoms with van der Waals surface area (Å²) in [6, 6.07) is 0. The van der Waals surface area contributed by atoms with Crippen LogP contribution < -0.4 is 14.2 Å². The second kappa shape index (κ2) is 12.8. The van der Waals surface area contributed by atoms with Crippen LogP contribution in [0.15, 0.2) is 0 Å². The van der Waals surface area contributed by atoms with Crippen LogP contribution in [0.1, 0.15) is 36.2 Å². The van der Waals surface area contributed by atoms with Crippen molar-refractivity contribution in [3.8, 4) is 17.2 Å². The minimum Gasteiger partial charge on any atom is -0.492 e. The van der Waals surface area contributed by atoms with Crippen LogP contribution in [0.2, 0.25) is 0 Å². The number of thioether (sulfide) groups is 1. The summed E-state index contributed by atoms with van der Waals surface area (Å²) >= 11 is 2.96. The zero-order valence-corrected chi connectivity index (χ0v) is 24.7. The zero-order valence-electron chi connectivity index (χ0n) is 21.7. The number of rotatable bonds is 8. The average Bonchev–Trinajstić information content (AvgIpc) is 2.87.